The molecule has 6 heteroatoms. The largest absolute Gasteiger partial charge is 0.480 e. The lowest BCUT2D eigenvalue weighted by Gasteiger charge is -2.14. The molecule has 40 heavy (non-hydrogen) atoms. The highest BCUT2D eigenvalue weighted by Crippen LogP contribution is 2.15. The van der Waals surface area contributed by atoms with Crippen molar-refractivity contribution in [3.63, 3.8) is 0 Å². The highest BCUT2D eigenvalue weighted by molar-refractivity contribution is 5.80. The second kappa shape index (κ2) is 29.9. The van der Waals surface area contributed by atoms with Crippen LogP contribution in [0.25, 0.3) is 0 Å². The van der Waals surface area contributed by atoms with Crippen LogP contribution in [0.5, 0.6) is 0 Å². The molecule has 0 saturated carbocycles. The van der Waals surface area contributed by atoms with Crippen molar-refractivity contribution in [2.75, 3.05) is 6.54 Å². The molecule has 0 heterocycles. The first-order valence-corrected chi connectivity index (χ1v) is 16.5. The van der Waals surface area contributed by atoms with Gasteiger partial charge in [-0.2, -0.15) is 0 Å². The van der Waals surface area contributed by atoms with Gasteiger partial charge in [0.2, 0.25) is 5.91 Å². The van der Waals surface area contributed by atoms with Crippen LogP contribution in [0, 0.1) is 0 Å². The third-order valence-corrected chi connectivity index (χ3v) is 7.11. The minimum Gasteiger partial charge on any atom is -0.480 e. The van der Waals surface area contributed by atoms with E-state index in [1.807, 2.05) is 0 Å². The summed E-state index contributed by atoms with van der Waals surface area (Å²) in [6, 6.07) is 0. The van der Waals surface area contributed by atoms with Crippen molar-refractivity contribution in [3.8, 4) is 0 Å². The first-order valence-electron chi connectivity index (χ1n) is 16.5. The van der Waals surface area contributed by atoms with E-state index >= 15 is 0 Å². The highest BCUT2D eigenvalue weighted by atomic mass is 16.5. The van der Waals surface area contributed by atoms with Gasteiger partial charge in [-0.15, -0.1) is 0 Å². The Hall–Kier alpha value is -2.11. The van der Waals surface area contributed by atoms with Gasteiger partial charge in [0.15, 0.2) is 0 Å². The summed E-state index contributed by atoms with van der Waals surface area (Å²) in [6.07, 6.45) is 33.1. The summed E-state index contributed by atoms with van der Waals surface area (Å²) in [4.78, 5) is 34.5. The lowest BCUT2D eigenvalue weighted by atomic mass is 10.1. The van der Waals surface area contributed by atoms with Crippen molar-refractivity contribution in [3.05, 3.63) is 24.3 Å². The Morgan fingerprint density at radius 2 is 1.23 bits per heavy atom. The molecule has 0 saturated heterocycles. The minimum atomic E-state index is -1.02. The lowest BCUT2D eigenvalue weighted by molar-refractivity contribution is -0.147. The second-order valence-corrected chi connectivity index (χ2v) is 11.1. The number of ether oxygens (including phenoxy) is 1. The first kappa shape index (κ1) is 37.9. The SMILES string of the molecule is CCCCCC/C=C\C/C=C\C(CCCCCCCCC(=O)NCC(=O)O)OC(=O)CCCCCCCCCC. The molecule has 0 aromatic carbocycles. The number of unbranched alkanes of at least 4 members (excludes halogenated alkanes) is 16. The number of carboxylic acid groups (broad SMARTS) is 1. The van der Waals surface area contributed by atoms with E-state index in [0.29, 0.717) is 12.8 Å². The smallest absolute Gasteiger partial charge is 0.322 e. The normalized spacial score (nSPS) is 12.2. The van der Waals surface area contributed by atoms with Gasteiger partial charge in [-0.25, -0.2) is 0 Å². The predicted octanol–water partition coefficient (Wildman–Crippen LogP) is 9.22. The van der Waals surface area contributed by atoms with Gasteiger partial charge in [-0.1, -0.05) is 122 Å². The molecule has 0 aliphatic rings. The molecule has 1 unspecified atom stereocenters. The fraction of sp³-hybridized carbons (Fsp3) is 0.794. The summed E-state index contributed by atoms with van der Waals surface area (Å²) in [6.45, 7) is 4.16. The number of hydrogen-bond donors (Lipinski definition) is 2. The molecule has 2 N–H and O–H groups in total. The fourth-order valence-electron chi connectivity index (χ4n) is 4.64. The van der Waals surface area contributed by atoms with Gasteiger partial charge >= 0.3 is 11.9 Å². The van der Waals surface area contributed by atoms with Crippen LogP contribution in [-0.2, 0) is 19.1 Å². The van der Waals surface area contributed by atoms with Crippen LogP contribution >= 0.6 is 0 Å². The molecular formula is C34H61NO5. The van der Waals surface area contributed by atoms with Crippen molar-refractivity contribution in [1.82, 2.24) is 5.32 Å². The number of hydrogen-bond acceptors (Lipinski definition) is 4. The van der Waals surface area contributed by atoms with E-state index in [4.69, 9.17) is 9.84 Å². The maximum Gasteiger partial charge on any atom is 0.322 e. The van der Waals surface area contributed by atoms with E-state index in [9.17, 15) is 14.4 Å². The minimum absolute atomic E-state index is 0.0757. The summed E-state index contributed by atoms with van der Waals surface area (Å²) in [5.41, 5.74) is 0. The molecule has 0 aliphatic carbocycles. The van der Waals surface area contributed by atoms with E-state index in [2.05, 4.69) is 43.5 Å². The lowest BCUT2D eigenvalue weighted by Crippen LogP contribution is -2.28. The molecule has 0 bridgehead atoms. The van der Waals surface area contributed by atoms with Crippen molar-refractivity contribution < 1.29 is 24.2 Å². The van der Waals surface area contributed by atoms with Crippen LogP contribution < -0.4 is 5.32 Å². The molecule has 0 spiro atoms. The van der Waals surface area contributed by atoms with E-state index in [-0.39, 0.29) is 24.5 Å². The van der Waals surface area contributed by atoms with E-state index < -0.39 is 5.97 Å². The fourth-order valence-corrected chi connectivity index (χ4v) is 4.64. The summed E-state index contributed by atoms with van der Waals surface area (Å²) >= 11 is 0. The number of amides is 1. The average Bonchev–Trinajstić information content (AvgIpc) is 2.93. The summed E-state index contributed by atoms with van der Waals surface area (Å²) < 4.78 is 5.86. The third kappa shape index (κ3) is 28.9. The standard InChI is InChI=1S/C34H61NO5/c1-3-5-7-9-11-13-14-18-22-26-31(40-34(39)29-25-21-15-12-10-8-6-4-2)27-23-19-16-17-20-24-28-32(36)35-30-33(37)38/h13-14,22,26,31H,3-12,15-21,23-25,27-30H2,1-2H3,(H,35,36)(H,37,38)/b14-13-,26-22-. The number of aliphatic carboxylic acids is 1. The quantitative estimate of drug-likeness (QED) is 0.0537. The van der Waals surface area contributed by atoms with E-state index in [1.54, 1.807) is 0 Å². The monoisotopic (exact) mass is 563 g/mol. The molecule has 0 radical (unpaired) electrons. The summed E-state index contributed by atoms with van der Waals surface area (Å²) in [5.74, 6) is -1.29. The third-order valence-electron chi connectivity index (χ3n) is 7.11. The molecular weight excluding hydrogens is 502 g/mol. The maximum atomic E-state index is 12.5. The molecule has 6 nitrogen and oxygen atoms in total. The van der Waals surface area contributed by atoms with Crippen LogP contribution in [0.2, 0.25) is 0 Å². The van der Waals surface area contributed by atoms with E-state index in [1.165, 1.54) is 64.2 Å². The van der Waals surface area contributed by atoms with Crippen LogP contribution in [0.15, 0.2) is 24.3 Å². The number of carbonyl (C=O) groups is 3. The Kier molecular flexibility index (Phi) is 28.3. The Balaban J connectivity index is 4.27. The first-order chi connectivity index (χ1) is 19.5. The van der Waals surface area contributed by atoms with E-state index in [0.717, 1.165) is 70.6 Å². The van der Waals surface area contributed by atoms with Gasteiger partial charge in [-0.3, -0.25) is 14.4 Å². The zero-order chi connectivity index (χ0) is 29.5. The number of nitrogens with one attached hydrogen (secondary N) is 1. The number of rotatable bonds is 29. The molecule has 0 fully saturated rings. The van der Waals surface area contributed by atoms with Gasteiger partial charge in [0.25, 0.3) is 0 Å². The molecule has 1 amide bonds. The summed E-state index contributed by atoms with van der Waals surface area (Å²) in [7, 11) is 0. The van der Waals surface area contributed by atoms with Crippen LogP contribution in [0.4, 0.5) is 0 Å². The van der Waals surface area contributed by atoms with Crippen molar-refractivity contribution in [2.45, 2.75) is 168 Å². The van der Waals surface area contributed by atoms with Crippen molar-refractivity contribution in [2.24, 2.45) is 0 Å². The Labute approximate surface area is 245 Å². The molecule has 1 atom stereocenters. The summed E-state index contributed by atoms with van der Waals surface area (Å²) in [5, 5.41) is 11.0. The maximum absolute atomic E-state index is 12.5. The molecule has 0 aromatic heterocycles. The number of allylic oxidation sites excluding steroid dienone is 3. The molecule has 0 aliphatic heterocycles. The number of carbonyl (C=O) groups excluding carboxylic acids is 2. The van der Waals surface area contributed by atoms with Crippen LogP contribution in [0.3, 0.4) is 0 Å². The van der Waals surface area contributed by atoms with Gasteiger partial charge in [0.05, 0.1) is 0 Å². The number of carboxylic acids is 1. The zero-order valence-electron chi connectivity index (χ0n) is 25.9. The van der Waals surface area contributed by atoms with Gasteiger partial charge in [-0.05, 0) is 51.0 Å². The van der Waals surface area contributed by atoms with Gasteiger partial charge in [0.1, 0.15) is 12.6 Å². The second-order valence-electron chi connectivity index (χ2n) is 11.1. The Morgan fingerprint density at radius 1 is 0.675 bits per heavy atom. The molecule has 0 aromatic rings. The molecule has 232 valence electrons. The average molecular weight is 564 g/mol. The topological polar surface area (TPSA) is 92.7 Å². The zero-order valence-corrected chi connectivity index (χ0v) is 25.9. The van der Waals surface area contributed by atoms with Crippen molar-refractivity contribution in [1.29, 1.82) is 0 Å². The highest BCUT2D eigenvalue weighted by Gasteiger charge is 2.11. The molecule has 0 rings (SSSR count). The Bertz CT molecular complexity index is 673. The number of esters is 1. The van der Waals surface area contributed by atoms with Crippen molar-refractivity contribution >= 4 is 17.8 Å². The van der Waals surface area contributed by atoms with Gasteiger partial charge in [0, 0.05) is 12.8 Å². The van der Waals surface area contributed by atoms with Crippen LogP contribution in [0.1, 0.15) is 162 Å². The Morgan fingerprint density at radius 3 is 1.85 bits per heavy atom. The van der Waals surface area contributed by atoms with Crippen LogP contribution in [-0.4, -0.2) is 35.6 Å². The van der Waals surface area contributed by atoms with Gasteiger partial charge < -0.3 is 15.2 Å². The predicted molar refractivity (Wildman–Crippen MR) is 166 cm³/mol.